The van der Waals surface area contributed by atoms with Crippen LogP contribution in [0.25, 0.3) is 0 Å². The van der Waals surface area contributed by atoms with Gasteiger partial charge in [0.25, 0.3) is 0 Å². The summed E-state index contributed by atoms with van der Waals surface area (Å²) in [7, 11) is 0.983. The van der Waals surface area contributed by atoms with E-state index in [4.69, 9.17) is 0 Å². The van der Waals surface area contributed by atoms with E-state index in [0.29, 0.717) is 12.5 Å². The van der Waals surface area contributed by atoms with E-state index in [2.05, 4.69) is 34.5 Å². The Hall–Kier alpha value is -0.0900. The Morgan fingerprint density at radius 2 is 1.95 bits per heavy atom. The van der Waals surface area contributed by atoms with Gasteiger partial charge < -0.3 is 10.6 Å². The first-order chi connectivity index (χ1) is 9.73. The summed E-state index contributed by atoms with van der Waals surface area (Å²) in [6, 6.07) is 1.26. The van der Waals surface area contributed by atoms with Gasteiger partial charge in [-0.15, -0.1) is 24.0 Å². The zero-order chi connectivity index (χ0) is 16.0. The number of rotatable bonds is 8. The van der Waals surface area contributed by atoms with Gasteiger partial charge in [0, 0.05) is 38.0 Å². The summed E-state index contributed by atoms with van der Waals surface area (Å²) in [4.78, 5) is 6.59. The van der Waals surface area contributed by atoms with Crippen LogP contribution in [0.1, 0.15) is 33.1 Å². The second kappa shape index (κ2) is 9.92. The lowest BCUT2D eigenvalue weighted by Crippen LogP contribution is -2.47. The van der Waals surface area contributed by atoms with Gasteiger partial charge in [0.15, 0.2) is 5.96 Å². The van der Waals surface area contributed by atoms with Gasteiger partial charge in [0.2, 0.25) is 0 Å². The molecule has 1 fully saturated rings. The van der Waals surface area contributed by atoms with Gasteiger partial charge in [-0.25, -0.2) is 8.42 Å². The summed E-state index contributed by atoms with van der Waals surface area (Å²) < 4.78 is 22.3. The first kappa shape index (κ1) is 21.9. The van der Waals surface area contributed by atoms with Gasteiger partial charge in [0.1, 0.15) is 9.84 Å². The molecule has 0 aromatic heterocycles. The van der Waals surface area contributed by atoms with E-state index in [9.17, 15) is 8.42 Å². The van der Waals surface area contributed by atoms with Gasteiger partial charge in [-0.1, -0.05) is 0 Å². The molecule has 1 rings (SSSR count). The van der Waals surface area contributed by atoms with Crippen LogP contribution in [0.3, 0.4) is 0 Å². The second-order valence-corrected chi connectivity index (χ2v) is 8.42. The van der Waals surface area contributed by atoms with Crippen molar-refractivity contribution in [2.24, 2.45) is 4.99 Å². The molecule has 0 aromatic carbocycles. The average Bonchev–Trinajstić information content (AvgIpc) is 3.23. The number of sulfone groups is 1. The fourth-order valence-corrected chi connectivity index (χ4v) is 2.90. The lowest BCUT2D eigenvalue weighted by atomic mass is 10.2. The first-order valence-corrected chi connectivity index (χ1v) is 9.66. The van der Waals surface area contributed by atoms with Gasteiger partial charge in [-0.05, 0) is 40.2 Å². The van der Waals surface area contributed by atoms with E-state index in [1.54, 1.807) is 7.05 Å². The Bertz CT molecular complexity index is 452. The molecule has 0 bridgehead atoms. The van der Waals surface area contributed by atoms with Crippen molar-refractivity contribution in [3.8, 4) is 0 Å². The summed E-state index contributed by atoms with van der Waals surface area (Å²) in [5, 5.41) is 6.54. The lowest BCUT2D eigenvalue weighted by Gasteiger charge is -2.26. The summed E-state index contributed by atoms with van der Waals surface area (Å²) >= 11 is 0. The largest absolute Gasteiger partial charge is 0.355 e. The summed E-state index contributed by atoms with van der Waals surface area (Å²) in [6.07, 6.45) is 4.45. The summed E-state index contributed by atoms with van der Waals surface area (Å²) in [5.74, 6) is 0.922. The maximum atomic E-state index is 11.2. The van der Waals surface area contributed by atoms with Crippen molar-refractivity contribution >= 4 is 39.8 Å². The van der Waals surface area contributed by atoms with E-state index in [1.165, 1.54) is 19.1 Å². The Balaban J connectivity index is 0.00000441. The lowest BCUT2D eigenvalue weighted by molar-refractivity contribution is 0.247. The minimum atomic E-state index is -2.91. The van der Waals surface area contributed by atoms with Crippen LogP contribution in [0.4, 0.5) is 0 Å². The number of nitrogens with one attached hydrogen (secondary N) is 2. The van der Waals surface area contributed by atoms with Gasteiger partial charge in [-0.3, -0.25) is 9.89 Å². The molecule has 0 heterocycles. The highest BCUT2D eigenvalue weighted by molar-refractivity contribution is 14.0. The minimum absolute atomic E-state index is 0. The molecule has 2 N–H and O–H groups in total. The smallest absolute Gasteiger partial charge is 0.191 e. The maximum absolute atomic E-state index is 11.2. The topological polar surface area (TPSA) is 73.8 Å². The van der Waals surface area contributed by atoms with Crippen molar-refractivity contribution in [1.29, 1.82) is 0 Å². The average molecular weight is 446 g/mol. The van der Waals surface area contributed by atoms with Crippen molar-refractivity contribution in [3.63, 3.8) is 0 Å². The molecule has 1 aliphatic rings. The number of aliphatic imine (C=N–C) groups is 1. The first-order valence-electron chi connectivity index (χ1n) is 7.59. The highest BCUT2D eigenvalue weighted by atomic mass is 127. The van der Waals surface area contributed by atoms with Gasteiger partial charge in [-0.2, -0.15) is 0 Å². The number of guanidine groups is 1. The summed E-state index contributed by atoms with van der Waals surface area (Å²) in [5.41, 5.74) is 0. The molecule has 6 nitrogen and oxygen atoms in total. The zero-order valence-corrected chi connectivity index (χ0v) is 17.4. The number of likely N-dealkylation sites (N-methyl/N-ethyl adjacent to an activating group) is 1. The zero-order valence-electron chi connectivity index (χ0n) is 14.3. The Labute approximate surface area is 152 Å². The molecule has 0 aliphatic heterocycles. The Morgan fingerprint density at radius 1 is 1.36 bits per heavy atom. The van der Waals surface area contributed by atoms with Crippen LogP contribution in [-0.4, -0.2) is 70.1 Å². The van der Waals surface area contributed by atoms with Crippen LogP contribution in [0, 0.1) is 0 Å². The molecule has 8 heteroatoms. The van der Waals surface area contributed by atoms with Crippen LogP contribution in [0.15, 0.2) is 4.99 Å². The Morgan fingerprint density at radius 3 is 2.41 bits per heavy atom. The number of hydrogen-bond acceptors (Lipinski definition) is 4. The maximum Gasteiger partial charge on any atom is 0.191 e. The van der Waals surface area contributed by atoms with Crippen LogP contribution in [0.2, 0.25) is 0 Å². The molecule has 1 saturated carbocycles. The van der Waals surface area contributed by atoms with Crippen molar-refractivity contribution in [2.75, 3.05) is 32.6 Å². The fraction of sp³-hybridized carbons (Fsp3) is 0.929. The molecule has 0 amide bonds. The van der Waals surface area contributed by atoms with Crippen LogP contribution < -0.4 is 10.6 Å². The van der Waals surface area contributed by atoms with Crippen LogP contribution >= 0.6 is 24.0 Å². The van der Waals surface area contributed by atoms with E-state index in [1.807, 2.05) is 6.92 Å². The van der Waals surface area contributed by atoms with Gasteiger partial charge >= 0.3 is 0 Å². The third-order valence-electron chi connectivity index (χ3n) is 3.91. The standard InChI is InChI=1S/C14H30N4O2S.HI/c1-11(8-9-21(5,19)20)17-14(15-3)16-10-12(2)18(4)13-6-7-13;/h11-13H,6-10H2,1-5H3,(H2,15,16,17);1H. The Kier molecular flexibility index (Phi) is 9.88. The highest BCUT2D eigenvalue weighted by Gasteiger charge is 2.29. The molecular weight excluding hydrogens is 415 g/mol. The van der Waals surface area contributed by atoms with E-state index < -0.39 is 9.84 Å². The van der Waals surface area contributed by atoms with Crippen molar-refractivity contribution < 1.29 is 8.42 Å². The third-order valence-corrected chi connectivity index (χ3v) is 4.89. The molecule has 0 aromatic rings. The van der Waals surface area contributed by atoms with E-state index in [0.717, 1.165) is 18.5 Å². The molecule has 0 radical (unpaired) electrons. The fourth-order valence-electron chi connectivity index (χ4n) is 2.12. The van der Waals surface area contributed by atoms with Crippen molar-refractivity contribution in [1.82, 2.24) is 15.5 Å². The molecule has 2 unspecified atom stereocenters. The number of hydrogen-bond donors (Lipinski definition) is 2. The molecule has 1 aliphatic carbocycles. The number of halogens is 1. The van der Waals surface area contributed by atoms with E-state index in [-0.39, 0.29) is 35.8 Å². The SMILES string of the molecule is CN=C(NCC(C)N(C)C1CC1)NC(C)CCS(C)(=O)=O.I. The van der Waals surface area contributed by atoms with Crippen molar-refractivity contribution in [3.05, 3.63) is 0 Å². The normalized spacial score (nSPS) is 18.5. The van der Waals surface area contributed by atoms with Gasteiger partial charge in [0.05, 0.1) is 5.75 Å². The quantitative estimate of drug-likeness (QED) is 0.332. The second-order valence-electron chi connectivity index (χ2n) is 6.16. The third kappa shape index (κ3) is 9.14. The molecule has 132 valence electrons. The molecule has 22 heavy (non-hydrogen) atoms. The highest BCUT2D eigenvalue weighted by Crippen LogP contribution is 2.26. The molecular formula is C14H31IN4O2S. The van der Waals surface area contributed by atoms with Crippen LogP contribution in [0.5, 0.6) is 0 Å². The molecule has 0 spiro atoms. The van der Waals surface area contributed by atoms with E-state index >= 15 is 0 Å². The predicted octanol–water partition coefficient (Wildman–Crippen LogP) is 1.08. The number of nitrogens with zero attached hydrogens (tertiary/aromatic N) is 2. The molecule has 2 atom stereocenters. The predicted molar refractivity (Wildman–Crippen MR) is 104 cm³/mol. The molecule has 0 saturated heterocycles. The monoisotopic (exact) mass is 446 g/mol. The van der Waals surface area contributed by atoms with Crippen LogP contribution in [-0.2, 0) is 9.84 Å². The summed E-state index contributed by atoms with van der Waals surface area (Å²) in [6.45, 7) is 4.99. The minimum Gasteiger partial charge on any atom is -0.355 e. The van der Waals surface area contributed by atoms with Crippen molar-refractivity contribution in [2.45, 2.75) is 51.2 Å².